The van der Waals surface area contributed by atoms with E-state index in [1.54, 1.807) is 0 Å². The van der Waals surface area contributed by atoms with E-state index < -0.39 is 12.3 Å². The molecule has 0 aliphatic heterocycles. The summed E-state index contributed by atoms with van der Waals surface area (Å²) < 4.78 is 0. The fourth-order valence-corrected chi connectivity index (χ4v) is 0.148. The third kappa shape index (κ3) is 122. The van der Waals surface area contributed by atoms with Crippen LogP contribution in [0.5, 0.6) is 0 Å². The maximum atomic E-state index is 10.1. The Kier molecular flexibility index (Phi) is 382. The number of hydrogen-bond donors (Lipinski definition) is 1. The smallest absolute Gasteiger partial charge is 0.494 e. The van der Waals surface area contributed by atoms with Gasteiger partial charge in [0.15, 0.2) is 0 Å². The molecule has 0 heterocycles. The van der Waals surface area contributed by atoms with Gasteiger partial charge in [-0.05, 0) is 6.47 Å². The van der Waals surface area contributed by atoms with Crippen LogP contribution < -0.4 is 0 Å². The van der Waals surface area contributed by atoms with E-state index in [-0.39, 0.29) is 117 Å². The zero-order chi connectivity index (χ0) is 15.4. The maximum Gasteiger partial charge on any atom is 0.589 e. The number of carbonyl (C=O) groups is 2. The van der Waals surface area contributed by atoms with Crippen molar-refractivity contribution in [1.82, 2.24) is 0 Å². The van der Waals surface area contributed by atoms with Crippen LogP contribution in [0.2, 0.25) is 0 Å². The molecule has 27 heavy (non-hydrogen) atoms. The Labute approximate surface area is 219 Å². The molecule has 12 nitrogen and oxygen atoms in total. The zero-order valence-corrected chi connectivity index (χ0v) is 21.1. The first-order valence-corrected chi connectivity index (χ1v) is 5.15. The topological polar surface area (TPSA) is 212 Å². The second-order valence-electron chi connectivity index (χ2n) is 1.01. The van der Waals surface area contributed by atoms with Gasteiger partial charge in [-0.25, -0.2) is 4.89 Å². The fourth-order valence-electron chi connectivity index (χ4n) is 0.148. The molecule has 0 spiro atoms. The molecule has 0 atom stereocenters. The van der Waals surface area contributed by atoms with Crippen molar-refractivity contribution in [2.45, 2.75) is 71.2 Å². The van der Waals surface area contributed by atoms with Crippen molar-refractivity contribution < 1.29 is 132 Å². The van der Waals surface area contributed by atoms with E-state index in [1.807, 2.05) is 41.5 Å². The summed E-state index contributed by atoms with van der Waals surface area (Å²) in [5.74, 6) is 0. The van der Waals surface area contributed by atoms with Gasteiger partial charge in [0.05, 0.1) is 0 Å². The minimum atomic E-state index is -1.71. The molecule has 7 N–H and O–H groups in total. The Morgan fingerprint density at radius 1 is 0.667 bits per heavy atom. The van der Waals surface area contributed by atoms with Gasteiger partial charge in [-0.3, -0.25) is 4.89 Å². The SMILES string of the molecule is C.C.C.C.CC.CC.CC.O.O.O.O=[C-]OOC(=O)OOC(=O)OO.[La].[La]. The second kappa shape index (κ2) is 112. The summed E-state index contributed by atoms with van der Waals surface area (Å²) in [6.07, 6.45) is -3.37. The minimum Gasteiger partial charge on any atom is -0.494 e. The summed E-state index contributed by atoms with van der Waals surface area (Å²) in [7, 11) is 0. The van der Waals surface area contributed by atoms with Crippen molar-refractivity contribution in [3.8, 4) is 0 Å². The van der Waals surface area contributed by atoms with E-state index >= 15 is 0 Å². The van der Waals surface area contributed by atoms with Crippen molar-refractivity contribution in [2.24, 2.45) is 0 Å². The molecule has 0 fully saturated rings. The monoisotopic (exact) mass is 667 g/mol. The zero-order valence-electron chi connectivity index (χ0n) is 13.9. The third-order valence-electron chi connectivity index (χ3n) is 0.396. The maximum absolute atomic E-state index is 10.1. The Balaban J connectivity index is -0.0000000109. The molecule has 0 saturated carbocycles. The summed E-state index contributed by atoms with van der Waals surface area (Å²) in [4.78, 5) is 45.5. The average molecular weight is 667 g/mol. The predicted octanol–water partition coefficient (Wildman–Crippen LogP) is 2.83. The second-order valence-corrected chi connectivity index (χ2v) is 1.01. The number of rotatable bonds is 2. The van der Waals surface area contributed by atoms with Gasteiger partial charge >= 0.3 is 12.3 Å². The molecule has 14 heteroatoms. The quantitative estimate of drug-likeness (QED) is 0.260. The van der Waals surface area contributed by atoms with Gasteiger partial charge < -0.3 is 26.1 Å². The largest absolute Gasteiger partial charge is 0.589 e. The van der Waals surface area contributed by atoms with Crippen LogP contribution >= 0.6 is 0 Å². The Hall–Kier alpha value is 0.240. The van der Waals surface area contributed by atoms with Crippen LogP contribution in [0.4, 0.5) is 9.59 Å². The van der Waals surface area contributed by atoms with E-state index in [1.165, 1.54) is 0 Å². The molecule has 0 bridgehead atoms. The van der Waals surface area contributed by atoms with E-state index in [0.29, 0.717) is 6.47 Å². The molecule has 0 aliphatic rings. The van der Waals surface area contributed by atoms with Crippen LogP contribution in [-0.2, 0) is 29.2 Å². The summed E-state index contributed by atoms with van der Waals surface area (Å²) in [6, 6.07) is 0. The number of carbonyl (C=O) groups excluding carboxylic acids is 3. The average Bonchev–Trinajstić information content (AvgIpc) is 2.48. The molecule has 0 saturated heterocycles. The van der Waals surface area contributed by atoms with Crippen LogP contribution in [0.3, 0.4) is 0 Å². The molecule has 0 amide bonds. The number of hydrogen-bond acceptors (Lipinski definition) is 9. The summed E-state index contributed by atoms with van der Waals surface area (Å²) >= 11 is 0. The van der Waals surface area contributed by atoms with Crippen LogP contribution in [0.25, 0.3) is 0 Å². The molecule has 0 aromatic heterocycles. The van der Waals surface area contributed by atoms with Gasteiger partial charge in [0.25, 0.3) is 0 Å². The van der Waals surface area contributed by atoms with Crippen LogP contribution in [0.1, 0.15) is 71.2 Å². The molecule has 0 rings (SSSR count). The standard InChI is InChI=1S/C3HO9.3C2H6.4CH4.2La.3H2O/c4-1-8-10-3(6)12-11-2(5)9-7;3*1-2;;;;;;;;;/h7H;3*1-2H3;4*1H4;;;3*1H2/q-1;;;;;;;;;;;;. The van der Waals surface area contributed by atoms with Gasteiger partial charge in [0, 0.05) is 71.2 Å². The van der Waals surface area contributed by atoms with E-state index in [0.717, 1.165) is 0 Å². The van der Waals surface area contributed by atoms with Crippen LogP contribution in [0, 0.1) is 71.2 Å². The van der Waals surface area contributed by atoms with Gasteiger partial charge in [0.2, 0.25) is 0 Å². The van der Waals surface area contributed by atoms with Crippen molar-refractivity contribution in [3.63, 3.8) is 0 Å². The fraction of sp³-hybridized carbons (Fsp3) is 0.769. The Bertz CT molecular complexity index is 198. The van der Waals surface area contributed by atoms with Crippen molar-refractivity contribution >= 4 is 18.8 Å². The summed E-state index contributed by atoms with van der Waals surface area (Å²) in [6.45, 7) is 12.7. The molecule has 0 unspecified atom stereocenters. The third-order valence-corrected chi connectivity index (χ3v) is 0.396. The van der Waals surface area contributed by atoms with Crippen LogP contribution in [0.15, 0.2) is 0 Å². The first-order chi connectivity index (χ1) is 8.70. The first kappa shape index (κ1) is 92.5. The Morgan fingerprint density at radius 3 is 1.15 bits per heavy atom. The Morgan fingerprint density at radius 2 is 0.926 bits per heavy atom. The normalized spacial score (nSPS) is 4.11. The predicted molar refractivity (Wildman–Crippen MR) is 96.3 cm³/mol. The molecular formula is C13H41La2O12-. The van der Waals surface area contributed by atoms with Gasteiger partial charge in [0.1, 0.15) is 0 Å². The first-order valence-electron chi connectivity index (χ1n) is 5.15. The molecule has 172 valence electrons. The molecule has 0 aromatic rings. The van der Waals surface area contributed by atoms with Gasteiger partial charge in [-0.15, -0.1) is 0 Å². The van der Waals surface area contributed by atoms with Crippen molar-refractivity contribution in [2.75, 3.05) is 0 Å². The molecule has 0 aliphatic carbocycles. The van der Waals surface area contributed by atoms with Gasteiger partial charge in [-0.1, -0.05) is 71.2 Å². The summed E-state index contributed by atoms with van der Waals surface area (Å²) in [5.41, 5.74) is 0. The molecular weight excluding hydrogens is 626 g/mol. The molecule has 0 aromatic carbocycles. The van der Waals surface area contributed by atoms with E-state index in [9.17, 15) is 14.4 Å². The molecule has 2 radical (unpaired) electrons. The van der Waals surface area contributed by atoms with E-state index in [4.69, 9.17) is 5.26 Å². The summed E-state index contributed by atoms with van der Waals surface area (Å²) in [5, 5.41) is 7.52. The van der Waals surface area contributed by atoms with Crippen molar-refractivity contribution in [3.05, 3.63) is 0 Å². The van der Waals surface area contributed by atoms with Crippen molar-refractivity contribution in [1.29, 1.82) is 0 Å². The van der Waals surface area contributed by atoms with Gasteiger partial charge in [-0.2, -0.15) is 24.6 Å². The minimum absolute atomic E-state index is 0. The van der Waals surface area contributed by atoms with E-state index in [2.05, 4.69) is 24.4 Å². The van der Waals surface area contributed by atoms with Crippen LogP contribution in [-0.4, -0.2) is 40.5 Å².